The topological polar surface area (TPSA) is 68.4 Å². The molecule has 39 heavy (non-hydrogen) atoms. The van der Waals surface area contributed by atoms with Crippen LogP contribution in [0.1, 0.15) is 67.5 Å². The number of rotatable bonds is 4. The number of aryl methyl sites for hydroxylation is 1. The fraction of sp³-hybridized carbons (Fsp3) is 0.552. The van der Waals surface area contributed by atoms with Gasteiger partial charge in [-0.1, -0.05) is 0 Å². The number of hydrogen-bond acceptors (Lipinski definition) is 5. The summed E-state index contributed by atoms with van der Waals surface area (Å²) in [7, 11) is 1.80. The lowest BCUT2D eigenvalue weighted by atomic mass is 9.86. The van der Waals surface area contributed by atoms with E-state index in [-0.39, 0.29) is 22.9 Å². The molecule has 1 spiro atoms. The highest BCUT2D eigenvalue weighted by Crippen LogP contribution is 2.56. The molecule has 1 saturated heterocycles. The van der Waals surface area contributed by atoms with Gasteiger partial charge in [0.2, 0.25) is 5.91 Å². The van der Waals surface area contributed by atoms with Crippen molar-refractivity contribution in [3.63, 3.8) is 0 Å². The van der Waals surface area contributed by atoms with Crippen LogP contribution in [-0.2, 0) is 36.0 Å². The van der Waals surface area contributed by atoms with Crippen molar-refractivity contribution >= 4 is 17.4 Å². The van der Waals surface area contributed by atoms with Gasteiger partial charge < -0.3 is 14.5 Å². The van der Waals surface area contributed by atoms with Gasteiger partial charge in [-0.05, 0) is 60.8 Å². The third kappa shape index (κ3) is 4.23. The number of benzene rings is 1. The van der Waals surface area contributed by atoms with Crippen molar-refractivity contribution in [1.82, 2.24) is 24.5 Å². The van der Waals surface area contributed by atoms with Crippen molar-refractivity contribution in [2.24, 2.45) is 12.5 Å². The number of halogens is 2. The fourth-order valence-electron chi connectivity index (χ4n) is 6.76. The smallest absolute Gasteiger partial charge is 0.264 e. The fourth-order valence-corrected chi connectivity index (χ4v) is 6.76. The van der Waals surface area contributed by atoms with E-state index in [1.54, 1.807) is 37.1 Å². The van der Waals surface area contributed by atoms with Crippen molar-refractivity contribution < 1.29 is 18.3 Å². The maximum absolute atomic E-state index is 14.5. The summed E-state index contributed by atoms with van der Waals surface area (Å²) in [6, 6.07) is 3.89. The normalized spacial score (nSPS) is 20.4. The third-order valence-electron chi connectivity index (χ3n) is 9.11. The quantitative estimate of drug-likeness (QED) is 0.472. The van der Waals surface area contributed by atoms with Crippen molar-refractivity contribution in [3.05, 3.63) is 46.9 Å². The molecule has 206 valence electrons. The number of ether oxygens (including phenoxy) is 1. The van der Waals surface area contributed by atoms with Crippen LogP contribution in [0.25, 0.3) is 11.1 Å². The summed E-state index contributed by atoms with van der Waals surface area (Å²) >= 11 is 0. The minimum atomic E-state index is -2.62. The number of amides is 1. The van der Waals surface area contributed by atoms with E-state index in [0.717, 1.165) is 67.7 Å². The van der Waals surface area contributed by atoms with E-state index < -0.39 is 6.43 Å². The van der Waals surface area contributed by atoms with E-state index in [9.17, 15) is 13.6 Å². The highest BCUT2D eigenvalue weighted by molar-refractivity contribution is 5.78. The number of aromatic nitrogens is 4. The Morgan fingerprint density at radius 1 is 1.21 bits per heavy atom. The molecule has 5 heterocycles. The molecule has 8 nitrogen and oxygen atoms in total. The molecule has 0 unspecified atom stereocenters. The number of carbonyl (C=O) groups excluding carboxylic acids is 1. The van der Waals surface area contributed by atoms with E-state index in [1.165, 1.54) is 5.69 Å². The number of nitrogens with zero attached hydrogens (tertiary/aromatic N) is 6. The van der Waals surface area contributed by atoms with Crippen LogP contribution in [0.4, 0.5) is 20.3 Å². The molecule has 1 aliphatic carbocycles. The van der Waals surface area contributed by atoms with Crippen LogP contribution in [-0.4, -0.2) is 56.7 Å². The molecule has 2 fully saturated rings. The Bertz CT molecular complexity index is 1440. The summed E-state index contributed by atoms with van der Waals surface area (Å²) in [4.78, 5) is 16.5. The number of anilines is 2. The highest BCUT2D eigenvalue weighted by atomic mass is 19.3. The molecule has 0 atom stereocenters. The molecule has 0 bridgehead atoms. The van der Waals surface area contributed by atoms with Gasteiger partial charge in [0, 0.05) is 81.0 Å². The van der Waals surface area contributed by atoms with E-state index in [0.29, 0.717) is 37.4 Å². The van der Waals surface area contributed by atoms with Crippen LogP contribution >= 0.6 is 0 Å². The second-order valence-electron chi connectivity index (χ2n) is 11.8. The SMILES string of the molecule is CC(=O)N1CCc2c(c(N3CC4(CC4)Cc4cc(-c5cnn(C)c5)c(C(F)F)cc43)nn2C2CCOCC2)C1. The maximum Gasteiger partial charge on any atom is 0.264 e. The average molecular weight is 537 g/mol. The van der Waals surface area contributed by atoms with E-state index in [2.05, 4.69) is 14.7 Å². The first-order chi connectivity index (χ1) is 18.8. The zero-order valence-corrected chi connectivity index (χ0v) is 22.5. The molecule has 1 aromatic carbocycles. The number of carbonyl (C=O) groups is 1. The van der Waals surface area contributed by atoms with Crippen LogP contribution < -0.4 is 4.90 Å². The molecular formula is C29H34F2N6O2. The second-order valence-corrected chi connectivity index (χ2v) is 11.8. The number of hydrogen-bond donors (Lipinski definition) is 0. The van der Waals surface area contributed by atoms with Gasteiger partial charge in [0.1, 0.15) is 0 Å². The summed E-state index contributed by atoms with van der Waals surface area (Å²) in [5.74, 6) is 0.869. The molecule has 3 aliphatic heterocycles. The molecule has 2 aromatic heterocycles. The maximum atomic E-state index is 14.5. The van der Waals surface area contributed by atoms with Gasteiger partial charge >= 0.3 is 0 Å². The Morgan fingerprint density at radius 3 is 2.67 bits per heavy atom. The minimum Gasteiger partial charge on any atom is -0.381 e. The zero-order chi connectivity index (χ0) is 26.9. The lowest BCUT2D eigenvalue weighted by Gasteiger charge is -2.37. The first-order valence-corrected chi connectivity index (χ1v) is 14.0. The number of alkyl halides is 2. The van der Waals surface area contributed by atoms with Crippen molar-refractivity contribution in [1.29, 1.82) is 0 Å². The van der Waals surface area contributed by atoms with Crippen LogP contribution in [0.3, 0.4) is 0 Å². The Labute approximate surface area is 226 Å². The van der Waals surface area contributed by atoms with E-state index >= 15 is 0 Å². The largest absolute Gasteiger partial charge is 0.381 e. The summed E-state index contributed by atoms with van der Waals surface area (Å²) in [5, 5.41) is 9.46. The van der Waals surface area contributed by atoms with Gasteiger partial charge in [-0.3, -0.25) is 14.2 Å². The molecule has 10 heteroatoms. The summed E-state index contributed by atoms with van der Waals surface area (Å²) in [5.41, 5.74) is 5.53. The highest BCUT2D eigenvalue weighted by Gasteiger charge is 2.49. The van der Waals surface area contributed by atoms with Gasteiger partial charge in [0.05, 0.1) is 18.8 Å². The van der Waals surface area contributed by atoms with Gasteiger partial charge in [0.15, 0.2) is 5.82 Å². The van der Waals surface area contributed by atoms with Crippen molar-refractivity contribution in [3.8, 4) is 11.1 Å². The molecule has 7 rings (SSSR count). The van der Waals surface area contributed by atoms with Crippen LogP contribution in [0.5, 0.6) is 0 Å². The van der Waals surface area contributed by atoms with Crippen LogP contribution in [0.2, 0.25) is 0 Å². The van der Waals surface area contributed by atoms with Gasteiger partial charge in [-0.15, -0.1) is 0 Å². The summed E-state index contributed by atoms with van der Waals surface area (Å²) in [6.45, 7) is 4.94. The van der Waals surface area contributed by atoms with Crippen molar-refractivity contribution in [2.45, 2.75) is 64.5 Å². The first-order valence-electron chi connectivity index (χ1n) is 14.0. The molecule has 1 amide bonds. The van der Waals surface area contributed by atoms with Crippen molar-refractivity contribution in [2.75, 3.05) is 31.2 Å². The lowest BCUT2D eigenvalue weighted by molar-refractivity contribution is -0.129. The molecule has 1 saturated carbocycles. The van der Waals surface area contributed by atoms with Gasteiger partial charge in [-0.25, -0.2) is 8.78 Å². The Kier molecular flexibility index (Phi) is 5.80. The predicted octanol–water partition coefficient (Wildman–Crippen LogP) is 4.95. The van der Waals surface area contributed by atoms with E-state index in [1.807, 2.05) is 11.0 Å². The Morgan fingerprint density at radius 2 is 2.00 bits per heavy atom. The minimum absolute atomic E-state index is 0.0154. The van der Waals surface area contributed by atoms with Crippen LogP contribution in [0, 0.1) is 5.41 Å². The summed E-state index contributed by atoms with van der Waals surface area (Å²) < 4.78 is 38.5. The zero-order valence-electron chi connectivity index (χ0n) is 22.5. The average Bonchev–Trinajstić information content (AvgIpc) is 3.35. The van der Waals surface area contributed by atoms with E-state index in [4.69, 9.17) is 9.84 Å². The molecule has 4 aliphatic rings. The lowest BCUT2D eigenvalue weighted by Crippen LogP contribution is -2.37. The summed E-state index contributed by atoms with van der Waals surface area (Å²) in [6.07, 6.45) is 6.47. The second kappa shape index (κ2) is 9.15. The third-order valence-corrected chi connectivity index (χ3v) is 9.11. The molecule has 0 N–H and O–H groups in total. The molecular weight excluding hydrogens is 502 g/mol. The predicted molar refractivity (Wildman–Crippen MR) is 142 cm³/mol. The molecule has 3 aromatic rings. The Hall–Kier alpha value is -3.27. The Balaban J connectivity index is 1.38. The van der Waals surface area contributed by atoms with Gasteiger partial charge in [-0.2, -0.15) is 10.2 Å². The number of fused-ring (bicyclic) bond motifs is 2. The first kappa shape index (κ1) is 24.7. The molecule has 0 radical (unpaired) electrons. The van der Waals surface area contributed by atoms with Gasteiger partial charge in [0.25, 0.3) is 6.43 Å². The monoisotopic (exact) mass is 536 g/mol. The van der Waals surface area contributed by atoms with Crippen LogP contribution in [0.15, 0.2) is 24.5 Å². The standard InChI is InChI=1S/C29H34F2N6O2/c1-18(38)35-8-3-25-24(16-35)28(33-37(25)21-4-9-39-10-5-21)36-17-29(6-7-29)13-19-11-22(20-14-32-34(2)15-20)23(27(30)31)12-26(19)36/h11-12,14-15,21,27H,3-10,13,16-17H2,1-2H3.